The highest BCUT2D eigenvalue weighted by molar-refractivity contribution is 6.29. The van der Waals surface area contributed by atoms with Crippen LogP contribution in [0, 0.1) is 5.82 Å². The van der Waals surface area contributed by atoms with Gasteiger partial charge in [0.1, 0.15) is 5.82 Å². The lowest BCUT2D eigenvalue weighted by Crippen LogP contribution is -2.01. The van der Waals surface area contributed by atoms with E-state index in [1.807, 2.05) is 0 Å². The Kier molecular flexibility index (Phi) is 3.53. The van der Waals surface area contributed by atoms with Gasteiger partial charge in [-0.2, -0.15) is 0 Å². The molecule has 0 saturated carbocycles. The number of carboxylic acid groups (broad SMARTS) is 1. The minimum atomic E-state index is -0.977. The van der Waals surface area contributed by atoms with Crippen molar-refractivity contribution in [1.29, 1.82) is 0 Å². The average molecular weight is 267 g/mol. The summed E-state index contributed by atoms with van der Waals surface area (Å²) in [6, 6.07) is 7.10. The summed E-state index contributed by atoms with van der Waals surface area (Å²) in [7, 11) is 0. The van der Waals surface area contributed by atoms with Gasteiger partial charge in [-0.1, -0.05) is 17.7 Å². The summed E-state index contributed by atoms with van der Waals surface area (Å²) in [5.41, 5.74) is 1.01. The summed E-state index contributed by atoms with van der Waals surface area (Å²) >= 11 is 5.59. The molecule has 1 aromatic heterocycles. The Morgan fingerprint density at radius 3 is 2.67 bits per heavy atom. The highest BCUT2D eigenvalue weighted by atomic mass is 35.5. The van der Waals surface area contributed by atoms with Gasteiger partial charge in [0.2, 0.25) is 0 Å². The maximum Gasteiger partial charge on any atom is 0.307 e. The van der Waals surface area contributed by atoms with Gasteiger partial charge in [0.15, 0.2) is 5.15 Å². The van der Waals surface area contributed by atoms with E-state index in [2.05, 4.69) is 10.2 Å². The van der Waals surface area contributed by atoms with Gasteiger partial charge in [0, 0.05) is 5.56 Å². The predicted octanol–water partition coefficient (Wildman–Crippen LogP) is 2.56. The fourth-order valence-electron chi connectivity index (χ4n) is 1.51. The molecule has 1 N–H and O–H groups in total. The summed E-state index contributed by atoms with van der Waals surface area (Å²) in [5, 5.41) is 16.3. The molecule has 0 radical (unpaired) electrons. The molecule has 2 rings (SSSR count). The van der Waals surface area contributed by atoms with E-state index in [0.717, 1.165) is 0 Å². The maximum absolute atomic E-state index is 13.6. The quantitative estimate of drug-likeness (QED) is 0.927. The van der Waals surface area contributed by atoms with E-state index in [4.69, 9.17) is 16.7 Å². The van der Waals surface area contributed by atoms with Gasteiger partial charge in [-0.25, -0.2) is 4.39 Å². The molecule has 1 heterocycles. The van der Waals surface area contributed by atoms with Crippen molar-refractivity contribution in [3.63, 3.8) is 0 Å². The Morgan fingerprint density at radius 2 is 2.06 bits per heavy atom. The largest absolute Gasteiger partial charge is 0.481 e. The van der Waals surface area contributed by atoms with Gasteiger partial charge in [0.05, 0.1) is 12.1 Å². The van der Waals surface area contributed by atoms with E-state index >= 15 is 0 Å². The second kappa shape index (κ2) is 5.10. The van der Waals surface area contributed by atoms with E-state index in [1.165, 1.54) is 30.3 Å². The van der Waals surface area contributed by atoms with Crippen LogP contribution >= 0.6 is 11.6 Å². The van der Waals surface area contributed by atoms with E-state index < -0.39 is 11.8 Å². The first-order valence-corrected chi connectivity index (χ1v) is 5.44. The van der Waals surface area contributed by atoms with Crippen LogP contribution in [-0.2, 0) is 11.2 Å². The van der Waals surface area contributed by atoms with Crippen LogP contribution in [0.1, 0.15) is 5.56 Å². The first-order valence-electron chi connectivity index (χ1n) is 5.06. The number of benzene rings is 1. The molecular weight excluding hydrogens is 259 g/mol. The first kappa shape index (κ1) is 12.4. The van der Waals surface area contributed by atoms with E-state index in [-0.39, 0.29) is 17.1 Å². The molecule has 0 spiro atoms. The number of carbonyl (C=O) groups is 1. The molecule has 0 unspecified atom stereocenters. The lowest BCUT2D eigenvalue weighted by Gasteiger charge is -2.04. The molecule has 0 aliphatic heterocycles. The smallest absolute Gasteiger partial charge is 0.307 e. The number of carboxylic acids is 1. The lowest BCUT2D eigenvalue weighted by molar-refractivity contribution is -0.136. The van der Waals surface area contributed by atoms with Crippen molar-refractivity contribution in [3.05, 3.63) is 46.9 Å². The van der Waals surface area contributed by atoms with Crippen molar-refractivity contribution >= 4 is 17.6 Å². The number of hydrogen-bond acceptors (Lipinski definition) is 3. The summed E-state index contributed by atoms with van der Waals surface area (Å²) < 4.78 is 13.6. The number of aromatic nitrogens is 2. The molecular formula is C12H8ClFN2O2. The van der Waals surface area contributed by atoms with Crippen molar-refractivity contribution in [1.82, 2.24) is 10.2 Å². The summed E-state index contributed by atoms with van der Waals surface area (Å²) in [6.07, 6.45) is -0.172. The van der Waals surface area contributed by atoms with Crippen LogP contribution in [0.5, 0.6) is 0 Å². The molecule has 2 aromatic rings. The number of nitrogens with zero attached hydrogens (tertiary/aromatic N) is 2. The third-order valence-electron chi connectivity index (χ3n) is 2.29. The Hall–Kier alpha value is -2.01. The molecule has 18 heavy (non-hydrogen) atoms. The van der Waals surface area contributed by atoms with Gasteiger partial charge in [0.25, 0.3) is 0 Å². The van der Waals surface area contributed by atoms with Gasteiger partial charge in [-0.15, -0.1) is 10.2 Å². The number of rotatable bonds is 3. The minimum absolute atomic E-state index is 0.172. The van der Waals surface area contributed by atoms with Crippen molar-refractivity contribution in [3.8, 4) is 11.3 Å². The van der Waals surface area contributed by atoms with Gasteiger partial charge in [-0.3, -0.25) is 4.79 Å². The number of aliphatic carboxylic acids is 1. The molecule has 0 aliphatic rings. The molecule has 6 heteroatoms. The molecule has 0 amide bonds. The van der Waals surface area contributed by atoms with Crippen molar-refractivity contribution in [2.24, 2.45) is 0 Å². The molecule has 92 valence electrons. The summed E-state index contributed by atoms with van der Waals surface area (Å²) in [6.45, 7) is 0. The van der Waals surface area contributed by atoms with Crippen LogP contribution in [0.3, 0.4) is 0 Å². The molecule has 4 nitrogen and oxygen atoms in total. The van der Waals surface area contributed by atoms with Crippen LogP contribution in [0.4, 0.5) is 4.39 Å². The third-order valence-corrected chi connectivity index (χ3v) is 2.50. The molecule has 0 atom stereocenters. The highest BCUT2D eigenvalue weighted by Crippen LogP contribution is 2.22. The van der Waals surface area contributed by atoms with Crippen LogP contribution < -0.4 is 0 Å². The first-order chi connectivity index (χ1) is 8.56. The van der Waals surface area contributed by atoms with Gasteiger partial charge in [-0.05, 0) is 29.8 Å². The zero-order valence-electron chi connectivity index (χ0n) is 9.10. The monoisotopic (exact) mass is 266 g/mol. The Balaban J connectivity index is 2.42. The van der Waals surface area contributed by atoms with E-state index in [0.29, 0.717) is 11.3 Å². The van der Waals surface area contributed by atoms with Crippen LogP contribution in [0.2, 0.25) is 5.15 Å². The Morgan fingerprint density at radius 1 is 1.28 bits per heavy atom. The number of hydrogen-bond donors (Lipinski definition) is 1. The normalized spacial score (nSPS) is 10.3. The van der Waals surface area contributed by atoms with E-state index in [9.17, 15) is 9.18 Å². The fraction of sp³-hybridized carbons (Fsp3) is 0.0833. The third kappa shape index (κ3) is 2.81. The SMILES string of the molecule is O=C(O)Cc1ccc(F)c(-c2ccc(Cl)nn2)c1. The van der Waals surface area contributed by atoms with Crippen LogP contribution in [-0.4, -0.2) is 21.3 Å². The topological polar surface area (TPSA) is 63.1 Å². The maximum atomic E-state index is 13.6. The lowest BCUT2D eigenvalue weighted by atomic mass is 10.1. The van der Waals surface area contributed by atoms with Crippen molar-refractivity contribution in [2.45, 2.75) is 6.42 Å². The number of halogens is 2. The molecule has 0 bridgehead atoms. The van der Waals surface area contributed by atoms with Gasteiger partial charge < -0.3 is 5.11 Å². The molecule has 0 saturated heterocycles. The fourth-order valence-corrected chi connectivity index (χ4v) is 1.61. The Bertz CT molecular complexity index is 587. The highest BCUT2D eigenvalue weighted by Gasteiger charge is 2.10. The van der Waals surface area contributed by atoms with E-state index in [1.54, 1.807) is 0 Å². The van der Waals surface area contributed by atoms with Crippen LogP contribution in [0.15, 0.2) is 30.3 Å². The average Bonchev–Trinajstić information content (AvgIpc) is 2.32. The molecule has 0 fully saturated rings. The predicted molar refractivity (Wildman–Crippen MR) is 63.8 cm³/mol. The molecule has 0 aliphatic carbocycles. The molecule has 1 aromatic carbocycles. The summed E-state index contributed by atoms with van der Waals surface area (Å²) in [5.74, 6) is -1.46. The van der Waals surface area contributed by atoms with Crippen LogP contribution in [0.25, 0.3) is 11.3 Å². The second-order valence-corrected chi connectivity index (χ2v) is 4.01. The Labute approximate surface area is 107 Å². The summed E-state index contributed by atoms with van der Waals surface area (Å²) in [4.78, 5) is 10.6. The second-order valence-electron chi connectivity index (χ2n) is 3.63. The van der Waals surface area contributed by atoms with Gasteiger partial charge >= 0.3 is 5.97 Å². The zero-order valence-corrected chi connectivity index (χ0v) is 9.86. The standard InChI is InChI=1S/C12H8ClFN2O2/c13-11-4-3-10(15-16-11)8-5-7(6-12(17)18)1-2-9(8)14/h1-5H,6H2,(H,17,18). The van der Waals surface area contributed by atoms with Crippen molar-refractivity contribution in [2.75, 3.05) is 0 Å². The minimum Gasteiger partial charge on any atom is -0.481 e. The van der Waals surface area contributed by atoms with Crippen molar-refractivity contribution < 1.29 is 14.3 Å². The zero-order chi connectivity index (χ0) is 13.1.